The lowest BCUT2D eigenvalue weighted by atomic mass is 10.0. The second-order valence-corrected chi connectivity index (χ2v) is 17.4. The Morgan fingerprint density at radius 1 is 0.284 bits per heavy atom. The smallest absolute Gasteiger partial charge is 0.308 e. The van der Waals surface area contributed by atoms with Crippen LogP contribution < -0.4 is 0 Å². The molecule has 0 aromatic heterocycles. The highest BCUT2D eigenvalue weighted by Crippen LogP contribution is 2.14. The van der Waals surface area contributed by atoms with E-state index in [9.17, 15) is 4.79 Å². The van der Waals surface area contributed by atoms with Crippen molar-refractivity contribution in [2.75, 3.05) is 225 Å². The van der Waals surface area contributed by atoms with Crippen LogP contribution in [0, 0.1) is 0 Å². The van der Waals surface area contributed by atoms with Gasteiger partial charge in [-0.1, -0.05) is 103 Å². The van der Waals surface area contributed by atoms with Crippen LogP contribution in [-0.2, 0) is 85.3 Å². The molecule has 1 unspecified atom stereocenters. The number of esters is 1. The number of carbonyl (C=O) groups is 1. The topological polar surface area (TPSA) is 214 Å². The second-order valence-electron chi connectivity index (χ2n) is 17.4. The molecule has 0 aromatic carbocycles. The maximum Gasteiger partial charge on any atom is 0.308 e. The van der Waals surface area contributed by atoms with E-state index in [-0.39, 0.29) is 19.6 Å². The molecule has 0 aromatic rings. The molecule has 0 aliphatic heterocycles. The highest BCUT2D eigenvalue weighted by atomic mass is 16.6. The Morgan fingerprint density at radius 2 is 0.473 bits per heavy atom. The molecule has 444 valence electrons. The molecule has 0 radical (unpaired) electrons. The average Bonchev–Trinajstić information content (AvgIpc) is 3.41. The van der Waals surface area contributed by atoms with E-state index in [0.29, 0.717) is 198 Å². The van der Waals surface area contributed by atoms with E-state index >= 15 is 0 Å². The van der Waals surface area contributed by atoms with E-state index in [1.165, 1.54) is 96.3 Å². The molecular weight excluding hydrogens is 969 g/mol. The third kappa shape index (κ3) is 66.9. The number of ether oxygens (including phenoxy) is 17. The zero-order valence-electron chi connectivity index (χ0n) is 46.4. The predicted octanol–water partition coefficient (Wildman–Crippen LogP) is 5.80. The molecule has 20 heteroatoms. The van der Waals surface area contributed by atoms with Crippen LogP contribution in [0.25, 0.3) is 0 Å². The maximum absolute atomic E-state index is 11.4. The van der Waals surface area contributed by atoms with E-state index in [1.807, 2.05) is 0 Å². The number of aliphatic hydroxyl groups excluding tert-OH is 2. The van der Waals surface area contributed by atoms with Crippen molar-refractivity contribution in [1.82, 2.24) is 0 Å². The van der Waals surface area contributed by atoms with Crippen molar-refractivity contribution in [3.8, 4) is 0 Å². The molecule has 0 aliphatic rings. The summed E-state index contributed by atoms with van der Waals surface area (Å²) in [6, 6.07) is 0. The lowest BCUT2D eigenvalue weighted by molar-refractivity contribution is -0.148. The lowest BCUT2D eigenvalue weighted by Crippen LogP contribution is -2.22. The fraction of sp³-hybridized carbons (Fsp3) is 0.981. The number of hydrogen-bond acceptors (Lipinski definition) is 20. The van der Waals surface area contributed by atoms with Gasteiger partial charge >= 0.3 is 5.97 Å². The highest BCUT2D eigenvalue weighted by molar-refractivity contribution is 5.69. The molecule has 0 heterocycles. The third-order valence-electron chi connectivity index (χ3n) is 10.8. The normalized spacial score (nSPS) is 12.1. The van der Waals surface area contributed by atoms with Gasteiger partial charge in [0.15, 0.2) is 0 Å². The van der Waals surface area contributed by atoms with Gasteiger partial charge in [0.05, 0.1) is 218 Å². The third-order valence-corrected chi connectivity index (χ3v) is 10.8. The quantitative estimate of drug-likeness (QED) is 0.0544. The Morgan fingerprint density at radius 3 is 0.689 bits per heavy atom. The van der Waals surface area contributed by atoms with Crippen molar-refractivity contribution in [3.05, 3.63) is 0 Å². The zero-order chi connectivity index (χ0) is 53.2. The summed E-state index contributed by atoms with van der Waals surface area (Å²) in [5, 5.41) is 17.8. The maximum atomic E-state index is 11.4. The molecular formula is C54H108O20. The molecule has 74 heavy (non-hydrogen) atoms. The molecule has 0 saturated carbocycles. The van der Waals surface area contributed by atoms with Crippen molar-refractivity contribution in [1.29, 1.82) is 0 Å². The minimum atomic E-state index is -1.06. The second kappa shape index (κ2) is 67.9. The van der Waals surface area contributed by atoms with Crippen LogP contribution in [-0.4, -0.2) is 247 Å². The molecule has 2 N–H and O–H groups in total. The summed E-state index contributed by atoms with van der Waals surface area (Å²) in [7, 11) is 0. The van der Waals surface area contributed by atoms with E-state index in [0.717, 1.165) is 13.0 Å². The molecule has 0 fully saturated rings. The highest BCUT2D eigenvalue weighted by Gasteiger charge is 2.08. The van der Waals surface area contributed by atoms with Crippen LogP contribution in [0.2, 0.25) is 0 Å². The summed E-state index contributed by atoms with van der Waals surface area (Å²) in [6.45, 7) is 17.3. The van der Waals surface area contributed by atoms with Crippen LogP contribution in [0.3, 0.4) is 0 Å². The van der Waals surface area contributed by atoms with E-state index in [2.05, 4.69) is 6.92 Å². The van der Waals surface area contributed by atoms with Crippen LogP contribution in [0.1, 0.15) is 116 Å². The summed E-state index contributed by atoms with van der Waals surface area (Å²) >= 11 is 0. The van der Waals surface area contributed by atoms with Gasteiger partial charge in [-0.3, -0.25) is 4.79 Å². The van der Waals surface area contributed by atoms with Crippen molar-refractivity contribution in [2.45, 2.75) is 122 Å². The largest absolute Gasteiger partial charge is 0.463 e. The van der Waals surface area contributed by atoms with Crippen LogP contribution in [0.4, 0.5) is 0 Å². The first-order chi connectivity index (χ1) is 36.7. The summed E-state index contributed by atoms with van der Waals surface area (Å²) in [5.41, 5.74) is 0. The Hall–Kier alpha value is -1.25. The summed E-state index contributed by atoms with van der Waals surface area (Å²) in [4.78, 5) is 11.4. The van der Waals surface area contributed by atoms with Gasteiger partial charge < -0.3 is 90.7 Å². The van der Waals surface area contributed by atoms with Crippen LogP contribution >= 0.6 is 0 Å². The summed E-state index contributed by atoms with van der Waals surface area (Å²) < 4.78 is 92.9. The Labute approximate surface area is 447 Å². The molecule has 0 saturated heterocycles. The predicted molar refractivity (Wildman–Crippen MR) is 281 cm³/mol. The number of hydrogen-bond donors (Lipinski definition) is 2. The van der Waals surface area contributed by atoms with E-state index in [4.69, 9.17) is 90.7 Å². The first kappa shape index (κ1) is 72.8. The van der Waals surface area contributed by atoms with Gasteiger partial charge in [0.1, 0.15) is 12.7 Å². The van der Waals surface area contributed by atoms with E-state index < -0.39 is 18.7 Å². The van der Waals surface area contributed by atoms with Crippen molar-refractivity contribution in [3.63, 3.8) is 0 Å². The summed E-state index contributed by atoms with van der Waals surface area (Å²) in [5.74, 6) is -0.498. The van der Waals surface area contributed by atoms with Gasteiger partial charge in [-0.15, -0.1) is 0 Å². The first-order valence-electron chi connectivity index (χ1n) is 28.4. The Balaban J connectivity index is 3.09. The van der Waals surface area contributed by atoms with E-state index in [1.54, 1.807) is 0 Å². The minimum Gasteiger partial charge on any atom is -0.463 e. The van der Waals surface area contributed by atoms with Gasteiger partial charge in [0, 0.05) is 6.61 Å². The van der Waals surface area contributed by atoms with Crippen molar-refractivity contribution in [2.24, 2.45) is 0 Å². The lowest BCUT2D eigenvalue weighted by Gasteiger charge is -2.09. The van der Waals surface area contributed by atoms with Crippen LogP contribution in [0.15, 0.2) is 0 Å². The van der Waals surface area contributed by atoms with Crippen molar-refractivity contribution >= 4 is 5.97 Å². The molecule has 20 nitrogen and oxygen atoms in total. The molecule has 1 atom stereocenters. The van der Waals surface area contributed by atoms with Gasteiger partial charge in [-0.25, -0.2) is 0 Å². The fourth-order valence-corrected chi connectivity index (χ4v) is 6.62. The summed E-state index contributed by atoms with van der Waals surface area (Å²) in [6.07, 6.45) is 21.1. The van der Waals surface area contributed by atoms with Crippen molar-refractivity contribution < 1.29 is 95.5 Å². The number of carbonyl (C=O) groups excluding carboxylic acids is 1. The fourth-order valence-electron chi connectivity index (χ4n) is 6.62. The molecule has 0 aliphatic carbocycles. The molecule has 0 bridgehead atoms. The number of aliphatic hydroxyl groups is 2. The minimum absolute atomic E-state index is 0.0626. The molecule has 0 amide bonds. The van der Waals surface area contributed by atoms with Gasteiger partial charge in [0.25, 0.3) is 0 Å². The standard InChI is InChI=1S/C54H108O20/c1-2-3-4-5-6-7-8-9-10-11-12-13-14-15-16-17-19-58-21-23-60-25-27-62-29-31-64-33-35-66-37-39-68-41-43-70-45-47-72-49-50-73-48-46-71-44-42-69-40-38-67-36-34-65-32-30-63-28-26-61-24-22-59-20-18-54(57)74-52-53(56)51-55/h53,55-56H,2-52H2,1H3. The first-order valence-corrected chi connectivity index (χ1v) is 28.4. The van der Waals surface area contributed by atoms with Gasteiger partial charge in [0.2, 0.25) is 0 Å². The van der Waals surface area contributed by atoms with Crippen LogP contribution in [0.5, 0.6) is 0 Å². The number of rotatable bonds is 68. The molecule has 0 spiro atoms. The monoisotopic (exact) mass is 1080 g/mol. The zero-order valence-corrected chi connectivity index (χ0v) is 46.4. The molecule has 0 rings (SSSR count). The Kier molecular flexibility index (Phi) is 66.7. The SMILES string of the molecule is CCCCCCCCCCCCCCCCCCOCCOCCOCCOCCOCCOCCOCCOCCOCCOCCOCCOCCOCCOCCOCCOCCC(=O)OCC(O)CO. The number of unbranched alkanes of at least 4 members (excludes halogenated alkanes) is 15. The van der Waals surface area contributed by atoms with Gasteiger partial charge in [-0.05, 0) is 6.42 Å². The Bertz CT molecular complexity index is 1020. The van der Waals surface area contributed by atoms with Gasteiger partial charge in [-0.2, -0.15) is 0 Å². The average molecular weight is 1080 g/mol.